The van der Waals surface area contributed by atoms with Crippen molar-refractivity contribution in [2.24, 2.45) is 0 Å². The molecular formula is C26H29NO9. The maximum Gasteiger partial charge on any atom is 0.224 e. The molecule has 1 N–H and O–H groups in total. The molecular weight excluding hydrogens is 470 g/mol. The minimum Gasteiger partial charge on any atom is -0.467 e. The molecule has 0 bridgehead atoms. The Morgan fingerprint density at radius 3 is 2.36 bits per heavy atom. The van der Waals surface area contributed by atoms with E-state index in [0.717, 1.165) is 5.56 Å². The molecule has 0 spiro atoms. The van der Waals surface area contributed by atoms with Crippen LogP contribution in [-0.4, -0.2) is 60.1 Å². The molecule has 36 heavy (non-hydrogen) atoms. The Bertz CT molecular complexity index is 1250. The van der Waals surface area contributed by atoms with E-state index in [1.165, 1.54) is 6.26 Å². The molecule has 0 fully saturated rings. The van der Waals surface area contributed by atoms with Crippen molar-refractivity contribution in [2.75, 3.05) is 59.5 Å². The summed E-state index contributed by atoms with van der Waals surface area (Å²) in [7, 11) is 3.18. The third-order valence-corrected chi connectivity index (χ3v) is 5.61. The lowest BCUT2D eigenvalue weighted by Gasteiger charge is -2.20. The van der Waals surface area contributed by atoms with Gasteiger partial charge >= 0.3 is 0 Å². The van der Waals surface area contributed by atoms with E-state index in [1.807, 2.05) is 6.07 Å². The van der Waals surface area contributed by atoms with Crippen LogP contribution in [0.3, 0.4) is 0 Å². The van der Waals surface area contributed by atoms with Crippen LogP contribution in [-0.2, 0) is 30.2 Å². The van der Waals surface area contributed by atoms with Crippen LogP contribution < -0.4 is 20.2 Å². The lowest BCUT2D eigenvalue weighted by molar-refractivity contribution is -0.116. The van der Waals surface area contributed by atoms with E-state index in [9.17, 15) is 9.59 Å². The summed E-state index contributed by atoms with van der Waals surface area (Å²) in [6.07, 6.45) is 2.34. The Kier molecular flexibility index (Phi) is 8.90. The van der Waals surface area contributed by atoms with Gasteiger partial charge in [0.05, 0.1) is 37.4 Å². The van der Waals surface area contributed by atoms with Crippen LogP contribution >= 0.6 is 0 Å². The Morgan fingerprint density at radius 1 is 0.861 bits per heavy atom. The van der Waals surface area contributed by atoms with Crippen molar-refractivity contribution in [3.8, 4) is 22.6 Å². The number of rotatable bonds is 13. The van der Waals surface area contributed by atoms with Gasteiger partial charge in [-0.25, -0.2) is 0 Å². The summed E-state index contributed by atoms with van der Waals surface area (Å²) in [5.41, 5.74) is 2.63. The van der Waals surface area contributed by atoms with Gasteiger partial charge in [0.15, 0.2) is 13.6 Å². The number of anilines is 1. The SMILES string of the molecule is COCCOCOc1ccc2c(=O)c(-c3cc4c(cc3OCOCCOC)NC(=O)CC4)coc2c1. The molecule has 10 nitrogen and oxygen atoms in total. The highest BCUT2D eigenvalue weighted by Crippen LogP contribution is 2.37. The summed E-state index contributed by atoms with van der Waals surface area (Å²) >= 11 is 0. The van der Waals surface area contributed by atoms with Gasteiger partial charge in [0.1, 0.15) is 23.3 Å². The fraction of sp³-hybridized carbons (Fsp3) is 0.385. The molecule has 0 radical (unpaired) electrons. The number of methoxy groups -OCH3 is 2. The lowest BCUT2D eigenvalue weighted by Crippen LogP contribution is -2.19. The number of carbonyl (C=O) groups is 1. The number of aryl methyl sites for hydroxylation is 1. The summed E-state index contributed by atoms with van der Waals surface area (Å²) in [4.78, 5) is 25.3. The molecule has 0 saturated carbocycles. The van der Waals surface area contributed by atoms with E-state index in [-0.39, 0.29) is 24.9 Å². The van der Waals surface area contributed by atoms with Gasteiger partial charge in [-0.2, -0.15) is 0 Å². The van der Waals surface area contributed by atoms with E-state index < -0.39 is 0 Å². The summed E-state index contributed by atoms with van der Waals surface area (Å²) in [6.45, 7) is 1.67. The minimum atomic E-state index is -0.218. The maximum absolute atomic E-state index is 13.4. The first kappa shape index (κ1) is 25.6. The summed E-state index contributed by atoms with van der Waals surface area (Å²) in [6, 6.07) is 8.55. The molecule has 1 aromatic heterocycles. The Hall–Kier alpha value is -3.44. The minimum absolute atomic E-state index is 0.0465. The average Bonchev–Trinajstić information content (AvgIpc) is 2.88. The van der Waals surface area contributed by atoms with Crippen LogP contribution in [0.15, 0.2) is 45.8 Å². The van der Waals surface area contributed by atoms with Crippen molar-refractivity contribution >= 4 is 22.6 Å². The van der Waals surface area contributed by atoms with Crippen molar-refractivity contribution in [3.63, 3.8) is 0 Å². The molecule has 10 heteroatoms. The van der Waals surface area contributed by atoms with Gasteiger partial charge in [-0.15, -0.1) is 0 Å². The van der Waals surface area contributed by atoms with Gasteiger partial charge < -0.3 is 38.2 Å². The third-order valence-electron chi connectivity index (χ3n) is 5.61. The maximum atomic E-state index is 13.4. The van der Waals surface area contributed by atoms with E-state index in [2.05, 4.69) is 5.32 Å². The Balaban J connectivity index is 1.61. The number of ether oxygens (including phenoxy) is 6. The molecule has 1 aliphatic heterocycles. The second-order valence-electron chi connectivity index (χ2n) is 8.02. The number of benzene rings is 2. The molecule has 192 valence electrons. The van der Waals surface area contributed by atoms with Gasteiger partial charge in [0.2, 0.25) is 11.3 Å². The zero-order valence-corrected chi connectivity index (χ0v) is 20.3. The molecule has 0 aliphatic carbocycles. The highest BCUT2D eigenvalue weighted by molar-refractivity contribution is 5.95. The zero-order valence-electron chi connectivity index (χ0n) is 20.3. The van der Waals surface area contributed by atoms with E-state index >= 15 is 0 Å². The molecule has 1 aliphatic rings. The van der Waals surface area contributed by atoms with Crippen LogP contribution in [0.4, 0.5) is 5.69 Å². The molecule has 2 aromatic carbocycles. The number of amides is 1. The lowest BCUT2D eigenvalue weighted by atomic mass is 9.96. The van der Waals surface area contributed by atoms with Crippen molar-refractivity contribution in [1.82, 2.24) is 0 Å². The zero-order chi connectivity index (χ0) is 25.3. The highest BCUT2D eigenvalue weighted by Gasteiger charge is 2.21. The first-order valence-corrected chi connectivity index (χ1v) is 11.5. The van der Waals surface area contributed by atoms with Gasteiger partial charge in [0.25, 0.3) is 0 Å². The van der Waals surface area contributed by atoms with E-state index in [1.54, 1.807) is 38.5 Å². The number of hydrogen-bond acceptors (Lipinski definition) is 9. The van der Waals surface area contributed by atoms with E-state index in [4.69, 9.17) is 32.8 Å². The highest BCUT2D eigenvalue weighted by atomic mass is 16.7. The summed E-state index contributed by atoms with van der Waals surface area (Å²) in [5.74, 6) is 0.843. The Morgan fingerprint density at radius 2 is 1.61 bits per heavy atom. The fourth-order valence-electron chi connectivity index (χ4n) is 3.74. The van der Waals surface area contributed by atoms with E-state index in [0.29, 0.717) is 78.6 Å². The number of hydrogen-bond donors (Lipinski definition) is 1. The van der Waals surface area contributed by atoms with Gasteiger partial charge in [-0.05, 0) is 30.2 Å². The predicted octanol–water partition coefficient (Wildman–Crippen LogP) is 3.34. The van der Waals surface area contributed by atoms with Crippen molar-refractivity contribution in [3.05, 3.63) is 52.4 Å². The fourth-order valence-corrected chi connectivity index (χ4v) is 3.74. The van der Waals surface area contributed by atoms with Gasteiger partial charge in [-0.1, -0.05) is 0 Å². The second-order valence-corrected chi connectivity index (χ2v) is 8.02. The number of fused-ring (bicyclic) bond motifs is 2. The topological polar surface area (TPSA) is 115 Å². The van der Waals surface area contributed by atoms with Crippen molar-refractivity contribution in [2.45, 2.75) is 12.8 Å². The summed E-state index contributed by atoms with van der Waals surface area (Å²) in [5, 5.41) is 3.25. The Labute approximate surface area is 208 Å². The molecule has 0 unspecified atom stereocenters. The first-order valence-electron chi connectivity index (χ1n) is 11.5. The number of nitrogens with one attached hydrogen (secondary N) is 1. The molecule has 1 amide bonds. The van der Waals surface area contributed by atoms with Crippen LogP contribution in [0.1, 0.15) is 12.0 Å². The van der Waals surface area contributed by atoms with Crippen LogP contribution in [0.5, 0.6) is 11.5 Å². The van der Waals surface area contributed by atoms with Crippen LogP contribution in [0, 0.1) is 0 Å². The molecule has 0 saturated heterocycles. The predicted molar refractivity (Wildman–Crippen MR) is 132 cm³/mol. The quantitative estimate of drug-likeness (QED) is 0.279. The monoisotopic (exact) mass is 499 g/mol. The summed E-state index contributed by atoms with van der Waals surface area (Å²) < 4.78 is 37.9. The van der Waals surface area contributed by atoms with Gasteiger partial charge in [-0.3, -0.25) is 9.59 Å². The smallest absolute Gasteiger partial charge is 0.224 e. The van der Waals surface area contributed by atoms with Crippen LogP contribution in [0.2, 0.25) is 0 Å². The molecule has 2 heterocycles. The van der Waals surface area contributed by atoms with Gasteiger partial charge in [0, 0.05) is 44.0 Å². The largest absolute Gasteiger partial charge is 0.467 e. The number of carbonyl (C=O) groups excluding carboxylic acids is 1. The third kappa shape index (κ3) is 6.21. The second kappa shape index (κ2) is 12.5. The average molecular weight is 500 g/mol. The first-order chi connectivity index (χ1) is 17.6. The van der Waals surface area contributed by atoms with Crippen molar-refractivity contribution in [1.29, 1.82) is 0 Å². The van der Waals surface area contributed by atoms with Crippen LogP contribution in [0.25, 0.3) is 22.1 Å². The standard InChI is InChI=1S/C26H29NO9/c1-30-7-9-32-15-35-18-4-5-19-23(12-18)34-14-21(26(19)29)20-11-17-3-6-25(28)27-22(17)13-24(20)36-16-33-10-8-31-2/h4-5,11-14H,3,6-10,15-16H2,1-2H3,(H,27,28). The molecule has 0 atom stereocenters. The normalized spacial score (nSPS) is 12.9. The molecule has 3 aromatic rings. The van der Waals surface area contributed by atoms with Crippen molar-refractivity contribution < 1.29 is 37.6 Å². The molecule has 4 rings (SSSR count).